The van der Waals surface area contributed by atoms with Crippen molar-refractivity contribution in [1.29, 1.82) is 0 Å². The fourth-order valence-electron chi connectivity index (χ4n) is 3.97. The maximum Gasteiger partial charge on any atom is 0.330 e. The first-order valence-electron chi connectivity index (χ1n) is 10.5. The number of allylic oxidation sites excluding steroid dienone is 1. The summed E-state index contributed by atoms with van der Waals surface area (Å²) in [6, 6.07) is 9.54. The van der Waals surface area contributed by atoms with Crippen LogP contribution in [0.2, 0.25) is 0 Å². The lowest BCUT2D eigenvalue weighted by Gasteiger charge is -2.23. The molecule has 2 aromatic carbocycles. The van der Waals surface area contributed by atoms with Crippen molar-refractivity contribution in [2.75, 3.05) is 19.0 Å². The molecule has 0 bridgehead atoms. The van der Waals surface area contributed by atoms with Crippen LogP contribution in [0.3, 0.4) is 0 Å². The number of hydrogen-bond acceptors (Lipinski definition) is 6. The van der Waals surface area contributed by atoms with Crippen LogP contribution >= 0.6 is 0 Å². The average Bonchev–Trinajstić information content (AvgIpc) is 3.30. The van der Waals surface area contributed by atoms with Crippen LogP contribution in [-0.2, 0) is 19.1 Å². The molecular weight excluding hydrogens is 443 g/mol. The van der Waals surface area contributed by atoms with Gasteiger partial charge in [-0.1, -0.05) is 12.1 Å². The van der Waals surface area contributed by atoms with E-state index in [0.29, 0.717) is 22.6 Å². The highest BCUT2D eigenvalue weighted by atomic mass is 19.1. The highest BCUT2D eigenvalue weighted by Gasteiger charge is 2.38. The summed E-state index contributed by atoms with van der Waals surface area (Å²) < 4.78 is 24.2. The van der Waals surface area contributed by atoms with E-state index in [0.717, 1.165) is 11.1 Å². The summed E-state index contributed by atoms with van der Waals surface area (Å²) in [4.78, 5) is 36.6. The topological polar surface area (TPSA) is 114 Å². The lowest BCUT2D eigenvalue weighted by atomic mass is 9.91. The summed E-state index contributed by atoms with van der Waals surface area (Å²) in [5, 5.41) is 14.4. The number of ether oxygens (including phenoxy) is 2. The molecule has 176 valence electrons. The van der Waals surface area contributed by atoms with Crippen molar-refractivity contribution in [3.05, 3.63) is 76.8 Å². The number of hydrogen-bond donors (Lipinski definition) is 3. The SMILES string of the molecule is COC(=O)[C@H](CO)NC(=O)c1ccc(C2=C/C(=C3/C(=O)Nc4cc(F)ccc43)OC2(C)C)cc1. The van der Waals surface area contributed by atoms with E-state index in [4.69, 9.17) is 4.74 Å². The molecule has 2 amide bonds. The lowest BCUT2D eigenvalue weighted by molar-refractivity contribution is -0.143. The number of carbonyl (C=O) groups is 3. The van der Waals surface area contributed by atoms with Crippen molar-refractivity contribution >= 4 is 34.6 Å². The molecule has 2 aliphatic rings. The number of esters is 1. The Morgan fingerprint density at radius 2 is 1.91 bits per heavy atom. The number of nitrogens with one attached hydrogen (secondary N) is 2. The van der Waals surface area contributed by atoms with E-state index in [2.05, 4.69) is 15.4 Å². The standard InChI is InChI=1S/C25H23FN2O6/c1-25(2)17(11-20(34-25)21-16-9-8-15(26)10-18(16)27-23(21)31)13-4-6-14(7-5-13)22(30)28-19(12-29)24(32)33-3/h4-11,19,29H,12H2,1-3H3,(H,27,31)(H,28,30)/b21-20-/t19-/m0/s1. The molecule has 0 saturated heterocycles. The van der Waals surface area contributed by atoms with Crippen LogP contribution in [0, 0.1) is 5.82 Å². The first-order valence-corrected chi connectivity index (χ1v) is 10.5. The number of aliphatic hydroxyl groups is 1. The molecule has 0 radical (unpaired) electrons. The second-order valence-electron chi connectivity index (χ2n) is 8.36. The Bertz CT molecular complexity index is 1250. The number of benzene rings is 2. The smallest absolute Gasteiger partial charge is 0.330 e. The molecule has 0 fully saturated rings. The number of carbonyl (C=O) groups excluding carboxylic acids is 3. The maximum atomic E-state index is 13.6. The second-order valence-corrected chi connectivity index (χ2v) is 8.36. The molecule has 0 saturated carbocycles. The quantitative estimate of drug-likeness (QED) is 0.461. The molecule has 0 spiro atoms. The molecular formula is C25H23FN2O6. The van der Waals surface area contributed by atoms with E-state index >= 15 is 0 Å². The number of methoxy groups -OCH3 is 1. The fourth-order valence-corrected chi connectivity index (χ4v) is 3.97. The summed E-state index contributed by atoms with van der Waals surface area (Å²) in [6.07, 6.45) is 1.77. The molecule has 34 heavy (non-hydrogen) atoms. The highest BCUT2D eigenvalue weighted by molar-refractivity contribution is 6.32. The average molecular weight is 466 g/mol. The molecule has 2 aliphatic heterocycles. The molecule has 1 atom stereocenters. The van der Waals surface area contributed by atoms with Crippen molar-refractivity contribution in [2.45, 2.75) is 25.5 Å². The van der Waals surface area contributed by atoms with Gasteiger partial charge in [0.1, 0.15) is 17.2 Å². The molecule has 2 aromatic rings. The fraction of sp³-hybridized carbons (Fsp3) is 0.240. The van der Waals surface area contributed by atoms with Crippen LogP contribution < -0.4 is 10.6 Å². The zero-order chi connectivity index (χ0) is 24.6. The van der Waals surface area contributed by atoms with E-state index in [1.165, 1.54) is 25.3 Å². The Morgan fingerprint density at radius 3 is 2.56 bits per heavy atom. The number of amides is 2. The van der Waals surface area contributed by atoms with Crippen molar-refractivity contribution in [1.82, 2.24) is 5.32 Å². The van der Waals surface area contributed by atoms with Crippen molar-refractivity contribution in [3.8, 4) is 0 Å². The Kier molecular flexibility index (Phi) is 5.97. The van der Waals surface area contributed by atoms with Gasteiger partial charge >= 0.3 is 5.97 Å². The molecule has 3 N–H and O–H groups in total. The van der Waals surface area contributed by atoms with Crippen LogP contribution in [0.1, 0.15) is 35.3 Å². The van der Waals surface area contributed by atoms with Crippen molar-refractivity contribution in [2.24, 2.45) is 0 Å². The van der Waals surface area contributed by atoms with Gasteiger partial charge in [-0.15, -0.1) is 0 Å². The number of halogens is 1. The van der Waals surface area contributed by atoms with Crippen LogP contribution in [0.15, 0.2) is 54.3 Å². The largest absolute Gasteiger partial charge is 0.482 e. The van der Waals surface area contributed by atoms with Gasteiger partial charge in [0.2, 0.25) is 0 Å². The van der Waals surface area contributed by atoms with Gasteiger partial charge in [-0.3, -0.25) is 9.59 Å². The molecule has 0 aromatic heterocycles. The van der Waals surface area contributed by atoms with E-state index in [9.17, 15) is 23.9 Å². The predicted octanol–water partition coefficient (Wildman–Crippen LogP) is 2.65. The minimum Gasteiger partial charge on any atom is -0.482 e. The predicted molar refractivity (Wildman–Crippen MR) is 122 cm³/mol. The minimum absolute atomic E-state index is 0.285. The van der Waals surface area contributed by atoms with Gasteiger partial charge < -0.3 is 25.2 Å². The normalized spacial score (nSPS) is 19.0. The Labute approximate surface area is 195 Å². The lowest BCUT2D eigenvalue weighted by Crippen LogP contribution is -2.44. The molecule has 0 aliphatic carbocycles. The molecule has 8 nitrogen and oxygen atoms in total. The van der Waals surface area contributed by atoms with Gasteiger partial charge in [0.15, 0.2) is 6.04 Å². The van der Waals surface area contributed by atoms with Crippen molar-refractivity contribution in [3.63, 3.8) is 0 Å². The summed E-state index contributed by atoms with van der Waals surface area (Å²) in [6.45, 7) is 3.12. The number of fused-ring (bicyclic) bond motifs is 1. The van der Waals surface area contributed by atoms with Crippen molar-refractivity contribution < 1.29 is 33.4 Å². The number of aliphatic hydroxyl groups excluding tert-OH is 1. The monoisotopic (exact) mass is 466 g/mol. The van der Waals surface area contributed by atoms with Gasteiger partial charge in [0.25, 0.3) is 11.8 Å². The van der Waals surface area contributed by atoms with E-state index in [-0.39, 0.29) is 11.5 Å². The molecule has 4 rings (SSSR count). The molecule has 0 unspecified atom stereocenters. The first-order chi connectivity index (χ1) is 16.1. The van der Waals surface area contributed by atoms with Gasteiger partial charge in [-0.05, 0) is 55.8 Å². The minimum atomic E-state index is -1.16. The summed E-state index contributed by atoms with van der Waals surface area (Å²) >= 11 is 0. The van der Waals surface area contributed by atoms with Crippen LogP contribution in [0.4, 0.5) is 10.1 Å². The van der Waals surface area contributed by atoms with E-state index in [1.54, 1.807) is 30.3 Å². The second kappa shape index (κ2) is 8.75. The van der Waals surface area contributed by atoms with Gasteiger partial charge in [0.05, 0.1) is 25.0 Å². The summed E-state index contributed by atoms with van der Waals surface area (Å²) in [7, 11) is 1.17. The molecule has 9 heteroatoms. The third kappa shape index (κ3) is 4.17. The van der Waals surface area contributed by atoms with E-state index < -0.39 is 35.9 Å². The Morgan fingerprint density at radius 1 is 1.21 bits per heavy atom. The van der Waals surface area contributed by atoms with Crippen LogP contribution in [0.5, 0.6) is 0 Å². The number of rotatable bonds is 5. The molecule has 2 heterocycles. The maximum absolute atomic E-state index is 13.6. The zero-order valence-electron chi connectivity index (χ0n) is 18.8. The third-order valence-electron chi connectivity index (χ3n) is 5.69. The summed E-state index contributed by atoms with van der Waals surface area (Å²) in [5.41, 5.74) is 2.34. The highest BCUT2D eigenvalue weighted by Crippen LogP contribution is 2.44. The summed E-state index contributed by atoms with van der Waals surface area (Å²) in [5.74, 6) is -1.74. The Hall–Kier alpha value is -3.98. The third-order valence-corrected chi connectivity index (χ3v) is 5.69. The van der Waals surface area contributed by atoms with Crippen LogP contribution in [-0.4, -0.2) is 48.2 Å². The Balaban J connectivity index is 1.63. The first kappa shape index (κ1) is 23.2. The number of anilines is 1. The van der Waals surface area contributed by atoms with Crippen LogP contribution in [0.25, 0.3) is 11.1 Å². The zero-order valence-corrected chi connectivity index (χ0v) is 18.8. The van der Waals surface area contributed by atoms with Gasteiger partial charge in [-0.2, -0.15) is 0 Å². The van der Waals surface area contributed by atoms with Gasteiger partial charge in [-0.25, -0.2) is 9.18 Å². The van der Waals surface area contributed by atoms with Gasteiger partial charge in [0, 0.05) is 16.7 Å². The van der Waals surface area contributed by atoms with E-state index in [1.807, 2.05) is 13.8 Å².